The number of Topliss-reactive ketones (excluding diaryl/α,β-unsaturated/α-hetero) is 1. The molecule has 4 N–H and O–H groups in total. The lowest BCUT2D eigenvalue weighted by Gasteiger charge is -2.26. The zero-order chi connectivity index (χ0) is 34.5. The van der Waals surface area contributed by atoms with E-state index in [1.807, 2.05) is 27.7 Å². The van der Waals surface area contributed by atoms with Crippen LogP contribution in [-0.4, -0.2) is 65.5 Å². The summed E-state index contributed by atoms with van der Waals surface area (Å²) < 4.78 is 10.7. The van der Waals surface area contributed by atoms with Gasteiger partial charge in [-0.15, -0.1) is 0 Å². The van der Waals surface area contributed by atoms with Gasteiger partial charge in [0.1, 0.15) is 23.3 Å². The molecule has 1 fully saturated rings. The van der Waals surface area contributed by atoms with Gasteiger partial charge in [0.2, 0.25) is 17.7 Å². The minimum absolute atomic E-state index is 0.151. The molecule has 4 amide bonds. The second-order valence-corrected chi connectivity index (χ2v) is 13.9. The molecule has 0 aliphatic carbocycles. The smallest absolute Gasteiger partial charge is 0.412 e. The maximum Gasteiger partial charge on any atom is 0.412 e. The zero-order valence-electron chi connectivity index (χ0n) is 29.0. The van der Waals surface area contributed by atoms with E-state index in [0.717, 1.165) is 24.8 Å². The number of hydrogen-bond acceptors (Lipinski definition) is 7. The molecule has 1 heterocycles. The summed E-state index contributed by atoms with van der Waals surface area (Å²) in [5, 5.41) is 11.3. The van der Waals surface area contributed by atoms with E-state index >= 15 is 0 Å². The second-order valence-electron chi connectivity index (χ2n) is 13.9. The number of anilines is 1. The summed E-state index contributed by atoms with van der Waals surface area (Å²) in [4.78, 5) is 65.4. The molecule has 0 aromatic heterocycles. The first-order chi connectivity index (χ1) is 21.6. The van der Waals surface area contributed by atoms with Crippen molar-refractivity contribution >= 4 is 35.3 Å². The third kappa shape index (κ3) is 13.9. The van der Waals surface area contributed by atoms with E-state index in [9.17, 15) is 24.0 Å². The van der Waals surface area contributed by atoms with Crippen molar-refractivity contribution in [3.8, 4) is 0 Å². The van der Waals surface area contributed by atoms with Crippen LogP contribution in [0.2, 0.25) is 0 Å². The highest BCUT2D eigenvalue weighted by atomic mass is 16.6. The molecular formula is C35H56N4O7. The van der Waals surface area contributed by atoms with E-state index in [1.165, 1.54) is 0 Å². The maximum absolute atomic E-state index is 13.7. The predicted octanol–water partition coefficient (Wildman–Crippen LogP) is 5.21. The summed E-state index contributed by atoms with van der Waals surface area (Å²) in [6, 6.07) is 4.36. The van der Waals surface area contributed by atoms with Gasteiger partial charge in [-0.25, -0.2) is 4.79 Å². The lowest BCUT2D eigenvalue weighted by Crippen LogP contribution is -2.57. The molecule has 11 heteroatoms. The first kappa shape index (κ1) is 38.7. The van der Waals surface area contributed by atoms with Crippen molar-refractivity contribution in [2.75, 3.05) is 11.9 Å². The van der Waals surface area contributed by atoms with Crippen molar-refractivity contribution in [1.29, 1.82) is 0 Å². The Labute approximate surface area is 274 Å². The van der Waals surface area contributed by atoms with Crippen LogP contribution < -0.4 is 21.3 Å². The Morgan fingerprint density at radius 3 is 2.00 bits per heavy atom. The topological polar surface area (TPSA) is 155 Å². The molecule has 0 saturated carbocycles. The van der Waals surface area contributed by atoms with Crippen LogP contribution in [0, 0.1) is 5.92 Å². The van der Waals surface area contributed by atoms with Gasteiger partial charge in [-0.05, 0) is 70.6 Å². The number of ether oxygens (including phenoxy) is 2. The van der Waals surface area contributed by atoms with Crippen molar-refractivity contribution in [2.45, 2.75) is 143 Å². The number of amides is 4. The first-order valence-corrected chi connectivity index (χ1v) is 16.7. The molecule has 1 aromatic rings. The monoisotopic (exact) mass is 644 g/mol. The lowest BCUT2D eigenvalue weighted by molar-refractivity contribution is -0.134. The number of epoxide rings is 1. The van der Waals surface area contributed by atoms with E-state index in [4.69, 9.17) is 9.47 Å². The molecule has 1 aromatic carbocycles. The van der Waals surface area contributed by atoms with Gasteiger partial charge in [0.15, 0.2) is 5.78 Å². The number of rotatable bonds is 19. The summed E-state index contributed by atoms with van der Waals surface area (Å²) in [6.07, 6.45) is 4.77. The van der Waals surface area contributed by atoms with Gasteiger partial charge in [-0.3, -0.25) is 24.5 Å². The molecule has 0 bridgehead atoms. The fourth-order valence-corrected chi connectivity index (χ4v) is 4.94. The normalized spacial score (nSPS) is 17.8. The molecule has 0 radical (unpaired) electrons. The molecule has 4 atom stereocenters. The number of carbonyl (C=O) groups excluding carboxylic acids is 5. The van der Waals surface area contributed by atoms with Gasteiger partial charge in [0.25, 0.3) is 0 Å². The van der Waals surface area contributed by atoms with E-state index < -0.39 is 47.2 Å². The predicted molar refractivity (Wildman–Crippen MR) is 178 cm³/mol. The SMILES string of the molecule is CCCCCC(=O)N[C@@H](Cc1ccc(NC(=O)OC(C)(C)C)cc1)C(=O)N[C@@H](CCCC)C(=O)N[C@@H](CC(C)C)C(=O)[C@@]1(C)CO1. The molecule has 1 saturated heterocycles. The van der Waals surface area contributed by atoms with Crippen LogP contribution in [-0.2, 0) is 35.1 Å². The highest BCUT2D eigenvalue weighted by Gasteiger charge is 2.50. The summed E-state index contributed by atoms with van der Waals surface area (Å²) in [6.45, 7) is 15.4. The molecule has 0 spiro atoms. The Morgan fingerprint density at radius 2 is 1.46 bits per heavy atom. The number of nitrogens with one attached hydrogen (secondary N) is 4. The molecule has 46 heavy (non-hydrogen) atoms. The van der Waals surface area contributed by atoms with Crippen LogP contribution in [0.25, 0.3) is 0 Å². The number of carbonyl (C=O) groups is 5. The van der Waals surface area contributed by atoms with Crippen molar-refractivity contribution in [3.05, 3.63) is 29.8 Å². The van der Waals surface area contributed by atoms with Gasteiger partial charge in [0, 0.05) is 18.5 Å². The van der Waals surface area contributed by atoms with Crippen molar-refractivity contribution < 1.29 is 33.4 Å². The highest BCUT2D eigenvalue weighted by molar-refractivity contribution is 5.98. The van der Waals surface area contributed by atoms with Crippen molar-refractivity contribution in [3.63, 3.8) is 0 Å². The average molecular weight is 645 g/mol. The minimum Gasteiger partial charge on any atom is -0.444 e. The van der Waals surface area contributed by atoms with Crippen LogP contribution >= 0.6 is 0 Å². The zero-order valence-corrected chi connectivity index (χ0v) is 29.0. The Morgan fingerprint density at radius 1 is 0.870 bits per heavy atom. The van der Waals surface area contributed by atoms with Crippen LogP contribution in [0.1, 0.15) is 112 Å². The number of unbranched alkanes of at least 4 members (excludes halogenated alkanes) is 3. The van der Waals surface area contributed by atoms with Crippen molar-refractivity contribution in [1.82, 2.24) is 16.0 Å². The van der Waals surface area contributed by atoms with Gasteiger partial charge in [-0.2, -0.15) is 0 Å². The molecule has 1 aliphatic heterocycles. The Kier molecular flexibility index (Phi) is 15.2. The molecule has 258 valence electrons. The number of hydrogen-bond donors (Lipinski definition) is 4. The van der Waals surface area contributed by atoms with E-state index in [2.05, 4.69) is 21.3 Å². The molecule has 11 nitrogen and oxygen atoms in total. The van der Waals surface area contributed by atoms with Gasteiger partial charge in [0.05, 0.1) is 12.6 Å². The van der Waals surface area contributed by atoms with Gasteiger partial charge < -0.3 is 25.4 Å². The summed E-state index contributed by atoms with van der Waals surface area (Å²) in [5.41, 5.74) is -0.255. The number of benzene rings is 1. The van der Waals surface area contributed by atoms with Gasteiger partial charge in [-0.1, -0.05) is 65.5 Å². The lowest BCUT2D eigenvalue weighted by atomic mass is 9.93. The average Bonchev–Trinajstić information content (AvgIpc) is 3.72. The Balaban J connectivity index is 2.21. The number of ketones is 1. The van der Waals surface area contributed by atoms with E-state index in [1.54, 1.807) is 52.0 Å². The second kappa shape index (κ2) is 18.0. The van der Waals surface area contributed by atoms with E-state index in [0.29, 0.717) is 38.0 Å². The maximum atomic E-state index is 13.7. The summed E-state index contributed by atoms with van der Waals surface area (Å²) in [5.74, 6) is -1.18. The first-order valence-electron chi connectivity index (χ1n) is 16.7. The minimum atomic E-state index is -0.942. The highest BCUT2D eigenvalue weighted by Crippen LogP contribution is 2.29. The fourth-order valence-electron chi connectivity index (χ4n) is 4.94. The third-order valence-corrected chi connectivity index (χ3v) is 7.62. The quantitative estimate of drug-likeness (QED) is 0.119. The van der Waals surface area contributed by atoms with Crippen LogP contribution in [0.3, 0.4) is 0 Å². The molecule has 0 unspecified atom stereocenters. The molecule has 2 rings (SSSR count). The molecular weight excluding hydrogens is 588 g/mol. The summed E-state index contributed by atoms with van der Waals surface area (Å²) >= 11 is 0. The fraction of sp³-hybridized carbons (Fsp3) is 0.686. The van der Waals surface area contributed by atoms with E-state index in [-0.39, 0.29) is 30.4 Å². The van der Waals surface area contributed by atoms with Gasteiger partial charge >= 0.3 is 6.09 Å². The van der Waals surface area contributed by atoms with Crippen LogP contribution in [0.4, 0.5) is 10.5 Å². The standard InChI is InChI=1S/C35H56N4O7/c1-9-11-13-15-29(40)37-28(21-24-16-18-25(19-17-24)36-33(44)46-34(5,6)7)32(43)38-26(14-12-10-2)31(42)39-27(20-23(3)4)30(41)35(8)22-45-35/h16-19,23,26-28H,9-15,20-22H2,1-8H3,(H,36,44)(H,37,40)(H,38,43)(H,39,42)/t26-,27-,28-,35+/m0/s1. The molecule has 1 aliphatic rings. The Hall–Kier alpha value is -3.47. The Bertz CT molecular complexity index is 1170. The van der Waals surface area contributed by atoms with Crippen molar-refractivity contribution in [2.24, 2.45) is 5.92 Å². The third-order valence-electron chi connectivity index (χ3n) is 7.62. The summed E-state index contributed by atoms with van der Waals surface area (Å²) in [7, 11) is 0. The largest absolute Gasteiger partial charge is 0.444 e. The van der Waals surface area contributed by atoms with Crippen LogP contribution in [0.15, 0.2) is 24.3 Å². The van der Waals surface area contributed by atoms with Crippen LogP contribution in [0.5, 0.6) is 0 Å².